The maximum atomic E-state index is 10.3. The lowest BCUT2D eigenvalue weighted by Gasteiger charge is -2.27. The van der Waals surface area contributed by atoms with Crippen LogP contribution in [0.1, 0.15) is 33.3 Å². The summed E-state index contributed by atoms with van der Waals surface area (Å²) in [4.78, 5) is 0. The maximum Gasteiger partial charge on any atom is 0.233 e. The molecule has 168 valence electrons. The normalized spacial score (nSPS) is 12.8. The van der Waals surface area contributed by atoms with Crippen LogP contribution in [0.3, 0.4) is 0 Å². The van der Waals surface area contributed by atoms with E-state index in [2.05, 4.69) is 32.3 Å². The summed E-state index contributed by atoms with van der Waals surface area (Å²) in [7, 11) is 0. The van der Waals surface area contributed by atoms with Gasteiger partial charge in [-0.1, -0.05) is 24.3 Å². The maximum absolute atomic E-state index is 10.3. The molecule has 0 aliphatic rings. The van der Waals surface area contributed by atoms with Crippen molar-refractivity contribution in [2.24, 2.45) is 10.2 Å². The van der Waals surface area contributed by atoms with Gasteiger partial charge in [0.2, 0.25) is 5.88 Å². The topological polar surface area (TPSA) is 101 Å². The Morgan fingerprint density at radius 2 is 1.94 bits per heavy atom. The Labute approximate surface area is 184 Å². The van der Waals surface area contributed by atoms with Gasteiger partial charge in [0.05, 0.1) is 6.04 Å². The van der Waals surface area contributed by atoms with E-state index in [9.17, 15) is 5.11 Å². The van der Waals surface area contributed by atoms with Crippen LogP contribution in [-0.4, -0.2) is 52.7 Å². The number of azo groups is 1. The van der Waals surface area contributed by atoms with Crippen LogP contribution in [0.15, 0.2) is 59.3 Å². The van der Waals surface area contributed by atoms with Gasteiger partial charge in [0.15, 0.2) is 5.82 Å². The number of hydrogen-bond donors (Lipinski definition) is 2. The summed E-state index contributed by atoms with van der Waals surface area (Å²) in [5, 5.41) is 29.6. The van der Waals surface area contributed by atoms with Gasteiger partial charge in [-0.15, -0.1) is 21.9 Å². The minimum absolute atomic E-state index is 0.104. The average molecular weight is 428 g/mol. The van der Waals surface area contributed by atoms with Gasteiger partial charge >= 0.3 is 0 Å². The molecule has 0 radical (unpaired) electrons. The molecule has 0 aliphatic carbocycles. The number of β-amino-alcohol motifs (C(OH)–C–C–N with tert-alkyl or cyclic N) is 1. The summed E-state index contributed by atoms with van der Waals surface area (Å²) in [6, 6.07) is 11.3. The fraction of sp³-hybridized carbons (Fsp3) is 0.478. The van der Waals surface area contributed by atoms with Crippen LogP contribution in [0.2, 0.25) is 0 Å². The number of aliphatic hydroxyl groups is 1. The first-order valence-corrected chi connectivity index (χ1v) is 10.4. The highest BCUT2D eigenvalue weighted by molar-refractivity contribution is 5.34. The summed E-state index contributed by atoms with van der Waals surface area (Å²) in [6.45, 7) is 12.5. The van der Waals surface area contributed by atoms with Gasteiger partial charge in [-0.3, -0.25) is 0 Å². The Morgan fingerprint density at radius 1 is 1.16 bits per heavy atom. The third-order valence-electron chi connectivity index (χ3n) is 4.18. The van der Waals surface area contributed by atoms with Crippen molar-refractivity contribution < 1.29 is 14.6 Å². The minimum Gasteiger partial charge on any atom is -0.491 e. The number of nitrogens with zero attached hydrogens (tertiary/aromatic N) is 4. The van der Waals surface area contributed by atoms with Crippen molar-refractivity contribution in [2.45, 2.75) is 51.8 Å². The van der Waals surface area contributed by atoms with Crippen LogP contribution in [0.5, 0.6) is 11.6 Å². The lowest BCUT2D eigenvalue weighted by molar-refractivity contribution is 0.0919. The zero-order chi connectivity index (χ0) is 22.7. The molecule has 0 saturated carbocycles. The number of ether oxygens (including phenoxy) is 2. The number of aromatic nitrogens is 2. The summed E-state index contributed by atoms with van der Waals surface area (Å²) >= 11 is 0. The van der Waals surface area contributed by atoms with Gasteiger partial charge in [-0.05, 0) is 51.8 Å². The van der Waals surface area contributed by atoms with Crippen molar-refractivity contribution in [1.29, 1.82) is 0 Å². The van der Waals surface area contributed by atoms with Crippen LogP contribution in [0, 0.1) is 0 Å². The largest absolute Gasteiger partial charge is 0.491 e. The van der Waals surface area contributed by atoms with E-state index in [0.717, 1.165) is 17.7 Å². The molecule has 2 N–H and O–H groups in total. The van der Waals surface area contributed by atoms with Crippen molar-refractivity contribution in [3.8, 4) is 11.6 Å². The fourth-order valence-electron chi connectivity index (χ4n) is 2.53. The van der Waals surface area contributed by atoms with Crippen LogP contribution in [-0.2, 0) is 6.42 Å². The zero-order valence-corrected chi connectivity index (χ0v) is 18.8. The molecular weight excluding hydrogens is 394 g/mol. The first kappa shape index (κ1) is 24.4. The summed E-state index contributed by atoms with van der Waals surface area (Å²) in [6.07, 6.45) is 1.89. The van der Waals surface area contributed by atoms with E-state index in [0.29, 0.717) is 24.8 Å². The SMILES string of the molecule is C=CCc1ccccc1OCC(O)CNC(C)(C)COc1ccc(N=NC(C)C)nn1. The van der Waals surface area contributed by atoms with Crippen molar-refractivity contribution in [2.75, 3.05) is 19.8 Å². The number of nitrogens with one attached hydrogen (secondary N) is 1. The smallest absolute Gasteiger partial charge is 0.233 e. The summed E-state index contributed by atoms with van der Waals surface area (Å²) < 4.78 is 11.5. The quantitative estimate of drug-likeness (QED) is 0.372. The molecule has 8 nitrogen and oxygen atoms in total. The predicted octanol–water partition coefficient (Wildman–Crippen LogP) is 3.88. The highest BCUT2D eigenvalue weighted by Crippen LogP contribution is 2.19. The van der Waals surface area contributed by atoms with E-state index >= 15 is 0 Å². The number of allylic oxidation sites excluding steroid dienone is 1. The Hall–Kier alpha value is -2.84. The van der Waals surface area contributed by atoms with E-state index in [-0.39, 0.29) is 18.2 Å². The molecule has 31 heavy (non-hydrogen) atoms. The molecule has 0 fully saturated rings. The molecule has 1 atom stereocenters. The van der Waals surface area contributed by atoms with Crippen molar-refractivity contribution in [3.05, 3.63) is 54.6 Å². The second-order valence-electron chi connectivity index (χ2n) is 8.16. The van der Waals surface area contributed by atoms with E-state index in [1.165, 1.54) is 0 Å². The summed E-state index contributed by atoms with van der Waals surface area (Å²) in [5.74, 6) is 1.61. The monoisotopic (exact) mass is 427 g/mol. The van der Waals surface area contributed by atoms with Crippen molar-refractivity contribution >= 4 is 5.82 Å². The molecule has 1 aromatic carbocycles. The molecule has 1 unspecified atom stereocenters. The van der Waals surface area contributed by atoms with E-state index < -0.39 is 6.10 Å². The summed E-state index contributed by atoms with van der Waals surface area (Å²) in [5.41, 5.74) is 0.656. The lowest BCUT2D eigenvalue weighted by atomic mass is 10.1. The van der Waals surface area contributed by atoms with Crippen LogP contribution in [0.4, 0.5) is 5.82 Å². The predicted molar refractivity (Wildman–Crippen MR) is 121 cm³/mol. The number of hydrogen-bond acceptors (Lipinski definition) is 8. The molecular formula is C23H33N5O3. The molecule has 8 heteroatoms. The Bertz CT molecular complexity index is 837. The molecule has 0 saturated heterocycles. The van der Waals surface area contributed by atoms with Crippen LogP contribution in [0.25, 0.3) is 0 Å². The number of rotatable bonds is 13. The molecule has 2 rings (SSSR count). The van der Waals surface area contributed by atoms with Crippen LogP contribution >= 0.6 is 0 Å². The molecule has 0 bridgehead atoms. The molecule has 1 aromatic heterocycles. The van der Waals surface area contributed by atoms with Crippen LogP contribution < -0.4 is 14.8 Å². The molecule has 0 aliphatic heterocycles. The second-order valence-corrected chi connectivity index (χ2v) is 8.16. The first-order valence-electron chi connectivity index (χ1n) is 10.4. The Kier molecular flexibility index (Phi) is 9.55. The third kappa shape index (κ3) is 9.23. The van der Waals surface area contributed by atoms with Gasteiger partial charge in [0.25, 0.3) is 0 Å². The number of aliphatic hydroxyl groups excluding tert-OH is 1. The van der Waals surface area contributed by atoms with Gasteiger partial charge in [0.1, 0.15) is 25.1 Å². The minimum atomic E-state index is -0.665. The zero-order valence-electron chi connectivity index (χ0n) is 18.8. The van der Waals surface area contributed by atoms with Gasteiger partial charge in [0, 0.05) is 18.2 Å². The lowest BCUT2D eigenvalue weighted by Crippen LogP contribution is -2.48. The number of benzene rings is 1. The highest BCUT2D eigenvalue weighted by atomic mass is 16.5. The fourth-order valence-corrected chi connectivity index (χ4v) is 2.53. The molecule has 1 heterocycles. The Balaban J connectivity index is 1.76. The first-order chi connectivity index (χ1) is 14.8. The average Bonchev–Trinajstić information content (AvgIpc) is 2.75. The third-order valence-corrected chi connectivity index (χ3v) is 4.18. The highest BCUT2D eigenvalue weighted by Gasteiger charge is 2.20. The van der Waals surface area contributed by atoms with Gasteiger partial charge in [-0.2, -0.15) is 5.11 Å². The van der Waals surface area contributed by atoms with E-state index in [1.807, 2.05) is 58.0 Å². The molecule has 2 aromatic rings. The van der Waals surface area contributed by atoms with Gasteiger partial charge in [-0.25, -0.2) is 0 Å². The standard InChI is InChI=1S/C23H33N5O3/c1-6-9-18-10-7-8-11-20(18)30-15-19(29)14-24-23(4,5)16-31-22-13-12-21(27-28-22)26-25-17(2)3/h6-8,10-13,17,19,24,29H,1,9,14-16H2,2-5H3. The molecule has 0 amide bonds. The van der Waals surface area contributed by atoms with Crippen molar-refractivity contribution in [3.63, 3.8) is 0 Å². The molecule has 0 spiro atoms. The van der Waals surface area contributed by atoms with Gasteiger partial charge < -0.3 is 19.9 Å². The van der Waals surface area contributed by atoms with E-state index in [4.69, 9.17) is 9.47 Å². The van der Waals surface area contributed by atoms with Crippen molar-refractivity contribution in [1.82, 2.24) is 15.5 Å². The number of para-hydroxylation sites is 1. The second kappa shape index (κ2) is 12.1. The van der Waals surface area contributed by atoms with E-state index in [1.54, 1.807) is 12.1 Å². The Morgan fingerprint density at radius 3 is 2.61 bits per heavy atom.